The first-order chi connectivity index (χ1) is 11.6. The minimum absolute atomic E-state index is 0.103. The molecule has 1 fully saturated rings. The van der Waals surface area contributed by atoms with E-state index in [1.807, 2.05) is 12.1 Å². The summed E-state index contributed by atoms with van der Waals surface area (Å²) < 4.78 is 14.1. The van der Waals surface area contributed by atoms with Gasteiger partial charge in [-0.15, -0.1) is 0 Å². The summed E-state index contributed by atoms with van der Waals surface area (Å²) >= 11 is 0. The molecule has 1 atom stereocenters. The second kappa shape index (κ2) is 7.45. The molecule has 0 bridgehead atoms. The third-order valence-electron chi connectivity index (χ3n) is 5.25. The number of aliphatic hydroxyl groups excluding tert-OH is 1. The van der Waals surface area contributed by atoms with Crippen LogP contribution < -0.4 is 0 Å². The lowest BCUT2D eigenvalue weighted by atomic mass is 9.75. The van der Waals surface area contributed by atoms with Gasteiger partial charge in [0.05, 0.1) is 6.61 Å². The molecule has 2 aromatic rings. The molecule has 0 amide bonds. The van der Waals surface area contributed by atoms with Crippen molar-refractivity contribution in [1.29, 1.82) is 0 Å². The summed E-state index contributed by atoms with van der Waals surface area (Å²) in [7, 11) is 0. The molecule has 1 heterocycles. The van der Waals surface area contributed by atoms with E-state index in [1.165, 1.54) is 17.2 Å². The molecule has 1 aliphatic rings. The van der Waals surface area contributed by atoms with E-state index < -0.39 is 0 Å². The van der Waals surface area contributed by atoms with Crippen molar-refractivity contribution in [2.45, 2.75) is 32.7 Å². The molecule has 1 saturated heterocycles. The Bertz CT molecular complexity index is 687. The number of nitrogens with zero attached hydrogens (tertiary/aromatic N) is 1. The van der Waals surface area contributed by atoms with E-state index in [2.05, 4.69) is 36.1 Å². The van der Waals surface area contributed by atoms with Crippen molar-refractivity contribution < 1.29 is 9.50 Å². The SMILES string of the molecule is Cc1ccccc1CN1CCCC(CO)(Cc2ccccc2F)C1. The highest BCUT2D eigenvalue weighted by Gasteiger charge is 2.35. The van der Waals surface area contributed by atoms with Crippen molar-refractivity contribution in [3.8, 4) is 0 Å². The van der Waals surface area contributed by atoms with Gasteiger partial charge in [0, 0.05) is 18.5 Å². The van der Waals surface area contributed by atoms with Crippen LogP contribution >= 0.6 is 0 Å². The maximum absolute atomic E-state index is 14.1. The van der Waals surface area contributed by atoms with Crippen molar-refractivity contribution in [3.63, 3.8) is 0 Å². The van der Waals surface area contributed by atoms with Crippen LogP contribution in [0.5, 0.6) is 0 Å². The predicted octanol–water partition coefficient (Wildman–Crippen LogP) is 3.95. The van der Waals surface area contributed by atoms with E-state index in [0.717, 1.165) is 32.5 Å². The highest BCUT2D eigenvalue weighted by molar-refractivity contribution is 5.25. The zero-order chi connectivity index (χ0) is 17.0. The second-order valence-electron chi connectivity index (χ2n) is 7.17. The third-order valence-corrected chi connectivity index (χ3v) is 5.25. The topological polar surface area (TPSA) is 23.5 Å². The first kappa shape index (κ1) is 17.1. The molecule has 3 rings (SSSR count). The zero-order valence-electron chi connectivity index (χ0n) is 14.3. The van der Waals surface area contributed by atoms with E-state index in [1.54, 1.807) is 6.07 Å². The summed E-state index contributed by atoms with van der Waals surface area (Å²) in [5.41, 5.74) is 3.09. The molecule has 2 nitrogen and oxygen atoms in total. The standard InChI is InChI=1S/C21H26FNO/c1-17-7-2-3-9-19(17)14-23-12-6-11-21(15-23,16-24)13-18-8-4-5-10-20(18)22/h2-5,7-10,24H,6,11-16H2,1H3. The maximum Gasteiger partial charge on any atom is 0.126 e. The Balaban J connectivity index is 1.74. The molecule has 1 aliphatic heterocycles. The van der Waals surface area contributed by atoms with Crippen LogP contribution in [0.15, 0.2) is 48.5 Å². The first-order valence-electron chi connectivity index (χ1n) is 8.73. The molecule has 24 heavy (non-hydrogen) atoms. The number of hydrogen-bond acceptors (Lipinski definition) is 2. The number of aryl methyl sites for hydroxylation is 1. The van der Waals surface area contributed by atoms with Crippen molar-refractivity contribution in [2.75, 3.05) is 19.7 Å². The average molecular weight is 327 g/mol. The Labute approximate surface area is 143 Å². The number of likely N-dealkylation sites (tertiary alicyclic amines) is 1. The van der Waals surface area contributed by atoms with Crippen LogP contribution in [0.25, 0.3) is 0 Å². The molecule has 0 radical (unpaired) electrons. The monoisotopic (exact) mass is 327 g/mol. The van der Waals surface area contributed by atoms with Gasteiger partial charge >= 0.3 is 0 Å². The lowest BCUT2D eigenvalue weighted by molar-refractivity contribution is 0.0282. The van der Waals surface area contributed by atoms with Crippen LogP contribution in [0.4, 0.5) is 4.39 Å². The number of benzene rings is 2. The maximum atomic E-state index is 14.1. The van der Waals surface area contributed by atoms with Gasteiger partial charge in [-0.25, -0.2) is 4.39 Å². The van der Waals surface area contributed by atoms with Crippen LogP contribution in [0.1, 0.15) is 29.5 Å². The summed E-state index contributed by atoms with van der Waals surface area (Å²) in [5.74, 6) is -0.165. The summed E-state index contributed by atoms with van der Waals surface area (Å²) in [6.45, 7) is 4.98. The van der Waals surface area contributed by atoms with Crippen molar-refractivity contribution in [2.24, 2.45) is 5.41 Å². The lowest BCUT2D eigenvalue weighted by Crippen LogP contribution is -2.46. The minimum Gasteiger partial charge on any atom is -0.396 e. The first-order valence-corrected chi connectivity index (χ1v) is 8.73. The molecule has 128 valence electrons. The van der Waals surface area contributed by atoms with E-state index in [0.29, 0.717) is 12.0 Å². The van der Waals surface area contributed by atoms with E-state index in [4.69, 9.17) is 0 Å². The molecule has 1 N–H and O–H groups in total. The van der Waals surface area contributed by atoms with Crippen LogP contribution in [-0.2, 0) is 13.0 Å². The Morgan fingerprint density at radius 2 is 1.79 bits per heavy atom. The van der Waals surface area contributed by atoms with Crippen molar-refractivity contribution >= 4 is 0 Å². The predicted molar refractivity (Wildman–Crippen MR) is 95.3 cm³/mol. The smallest absolute Gasteiger partial charge is 0.126 e. The van der Waals surface area contributed by atoms with Crippen LogP contribution in [-0.4, -0.2) is 29.7 Å². The Kier molecular flexibility index (Phi) is 5.32. The quantitative estimate of drug-likeness (QED) is 0.899. The molecular formula is C21H26FNO. The fourth-order valence-electron chi connectivity index (χ4n) is 3.85. The number of halogens is 1. The van der Waals surface area contributed by atoms with E-state index >= 15 is 0 Å². The van der Waals surface area contributed by atoms with Crippen LogP contribution in [0.2, 0.25) is 0 Å². The van der Waals surface area contributed by atoms with E-state index in [9.17, 15) is 9.50 Å². The Hall–Kier alpha value is -1.71. The Morgan fingerprint density at radius 3 is 2.50 bits per heavy atom. The summed E-state index contributed by atoms with van der Waals surface area (Å²) in [6.07, 6.45) is 2.59. The summed E-state index contributed by atoms with van der Waals surface area (Å²) in [4.78, 5) is 2.41. The molecular weight excluding hydrogens is 301 g/mol. The van der Waals surface area contributed by atoms with Gasteiger partial charge < -0.3 is 5.11 Å². The number of rotatable bonds is 5. The number of hydrogen-bond donors (Lipinski definition) is 1. The van der Waals surface area contributed by atoms with Gasteiger partial charge in [0.2, 0.25) is 0 Å². The van der Waals surface area contributed by atoms with Crippen LogP contribution in [0, 0.1) is 18.2 Å². The molecule has 1 unspecified atom stereocenters. The van der Waals surface area contributed by atoms with Gasteiger partial charge in [0.1, 0.15) is 5.82 Å². The molecule has 2 aromatic carbocycles. The normalized spacial score (nSPS) is 21.8. The lowest BCUT2D eigenvalue weighted by Gasteiger charge is -2.42. The van der Waals surface area contributed by atoms with Gasteiger partial charge in [-0.1, -0.05) is 42.5 Å². The highest BCUT2D eigenvalue weighted by atomic mass is 19.1. The Morgan fingerprint density at radius 1 is 1.08 bits per heavy atom. The fraction of sp³-hybridized carbons (Fsp3) is 0.429. The van der Waals surface area contributed by atoms with Gasteiger partial charge in [-0.05, 0) is 55.5 Å². The minimum atomic E-state index is -0.247. The van der Waals surface area contributed by atoms with Crippen molar-refractivity contribution in [1.82, 2.24) is 4.90 Å². The van der Waals surface area contributed by atoms with Gasteiger partial charge in [0.15, 0.2) is 0 Å². The highest BCUT2D eigenvalue weighted by Crippen LogP contribution is 2.34. The molecule has 0 saturated carbocycles. The van der Waals surface area contributed by atoms with Gasteiger partial charge in [-0.3, -0.25) is 4.90 Å². The molecule has 0 aromatic heterocycles. The molecule has 3 heteroatoms. The number of piperidine rings is 1. The van der Waals surface area contributed by atoms with Crippen LogP contribution in [0.3, 0.4) is 0 Å². The largest absolute Gasteiger partial charge is 0.396 e. The summed E-state index contributed by atoms with van der Waals surface area (Å²) in [6, 6.07) is 15.4. The van der Waals surface area contributed by atoms with Gasteiger partial charge in [-0.2, -0.15) is 0 Å². The molecule has 0 aliphatic carbocycles. The summed E-state index contributed by atoms with van der Waals surface area (Å²) in [5, 5.41) is 10.1. The second-order valence-corrected chi connectivity index (χ2v) is 7.17. The molecule has 0 spiro atoms. The van der Waals surface area contributed by atoms with E-state index in [-0.39, 0.29) is 17.8 Å². The zero-order valence-corrected chi connectivity index (χ0v) is 14.3. The van der Waals surface area contributed by atoms with Gasteiger partial charge in [0.25, 0.3) is 0 Å². The van der Waals surface area contributed by atoms with Crippen molar-refractivity contribution in [3.05, 3.63) is 71.0 Å². The fourth-order valence-corrected chi connectivity index (χ4v) is 3.85. The average Bonchev–Trinajstić information content (AvgIpc) is 2.59. The number of aliphatic hydroxyl groups is 1. The third kappa shape index (κ3) is 3.85.